The number of carbonyl (C=O) groups is 2. The molecule has 174 valence electrons. The van der Waals surface area contributed by atoms with Gasteiger partial charge in [0.1, 0.15) is 12.4 Å². The summed E-state index contributed by atoms with van der Waals surface area (Å²) in [6.07, 6.45) is 5.20. The first kappa shape index (κ1) is 24.3. The molecule has 0 radical (unpaired) electrons. The van der Waals surface area contributed by atoms with E-state index in [1.54, 1.807) is 21.7 Å². The Labute approximate surface area is 196 Å². The van der Waals surface area contributed by atoms with Crippen molar-refractivity contribution in [3.8, 4) is 5.69 Å². The van der Waals surface area contributed by atoms with Crippen LogP contribution in [0.3, 0.4) is 0 Å². The van der Waals surface area contributed by atoms with Crippen LogP contribution in [0.5, 0.6) is 0 Å². The molecule has 0 aliphatic heterocycles. The first-order valence-corrected chi connectivity index (χ1v) is 11.9. The predicted octanol–water partition coefficient (Wildman–Crippen LogP) is 5.58. The van der Waals surface area contributed by atoms with Crippen LogP contribution < -0.4 is 5.32 Å². The number of rotatable bonds is 6. The summed E-state index contributed by atoms with van der Waals surface area (Å²) in [5.41, 5.74) is 1.49. The lowest BCUT2D eigenvalue weighted by Gasteiger charge is -2.31. The summed E-state index contributed by atoms with van der Waals surface area (Å²) in [4.78, 5) is 27.9. The standard InChI is InChI=1S/C25H35ClN4O2/c1-17(2)29(24(32)18-9-7-6-8-10-18)16-23(31)27-22-15-21(25(3,4)5)28-30(22)20-13-11-19(26)12-14-20/h11-15,17-18H,6-10,16H2,1-5H3,(H,27,31). The predicted molar refractivity (Wildman–Crippen MR) is 129 cm³/mol. The number of carbonyl (C=O) groups excluding carboxylic acids is 2. The summed E-state index contributed by atoms with van der Waals surface area (Å²) < 4.78 is 1.72. The minimum Gasteiger partial charge on any atom is -0.331 e. The highest BCUT2D eigenvalue weighted by Crippen LogP contribution is 2.28. The van der Waals surface area contributed by atoms with Gasteiger partial charge in [0.2, 0.25) is 11.8 Å². The minimum absolute atomic E-state index is 0.0314. The fourth-order valence-electron chi connectivity index (χ4n) is 4.05. The molecule has 2 aromatic rings. The van der Waals surface area contributed by atoms with Crippen molar-refractivity contribution in [2.24, 2.45) is 5.92 Å². The zero-order valence-corrected chi connectivity index (χ0v) is 20.6. The van der Waals surface area contributed by atoms with E-state index in [9.17, 15) is 9.59 Å². The molecule has 1 N–H and O–H groups in total. The van der Waals surface area contributed by atoms with Crippen LogP contribution in [0.4, 0.5) is 5.82 Å². The quantitative estimate of drug-likeness (QED) is 0.614. The van der Waals surface area contributed by atoms with Gasteiger partial charge in [-0.25, -0.2) is 4.68 Å². The summed E-state index contributed by atoms with van der Waals surface area (Å²) in [5.74, 6) is 0.483. The Morgan fingerprint density at radius 1 is 1.16 bits per heavy atom. The van der Waals surface area contributed by atoms with E-state index < -0.39 is 0 Å². The van der Waals surface area contributed by atoms with E-state index in [4.69, 9.17) is 16.7 Å². The maximum Gasteiger partial charge on any atom is 0.245 e. The second-order valence-corrected chi connectivity index (χ2v) is 10.4. The summed E-state index contributed by atoms with van der Waals surface area (Å²) in [6.45, 7) is 10.2. The fraction of sp³-hybridized carbons (Fsp3) is 0.560. The van der Waals surface area contributed by atoms with E-state index in [0.29, 0.717) is 10.8 Å². The zero-order chi connectivity index (χ0) is 23.5. The molecule has 0 bridgehead atoms. The van der Waals surface area contributed by atoms with Gasteiger partial charge < -0.3 is 10.2 Å². The molecule has 1 aromatic carbocycles. The van der Waals surface area contributed by atoms with Crippen molar-refractivity contribution in [1.82, 2.24) is 14.7 Å². The van der Waals surface area contributed by atoms with Gasteiger partial charge in [-0.2, -0.15) is 5.10 Å². The number of hydrogen-bond acceptors (Lipinski definition) is 3. The Hall–Kier alpha value is -2.34. The topological polar surface area (TPSA) is 67.2 Å². The van der Waals surface area contributed by atoms with Crippen LogP contribution in [-0.4, -0.2) is 39.1 Å². The van der Waals surface area contributed by atoms with Crippen LogP contribution in [-0.2, 0) is 15.0 Å². The van der Waals surface area contributed by atoms with Crippen molar-refractivity contribution >= 4 is 29.2 Å². The average Bonchev–Trinajstić information content (AvgIpc) is 3.16. The third-order valence-corrected chi connectivity index (χ3v) is 6.24. The first-order valence-electron chi connectivity index (χ1n) is 11.5. The van der Waals surface area contributed by atoms with Crippen molar-refractivity contribution in [2.75, 3.05) is 11.9 Å². The summed E-state index contributed by atoms with van der Waals surface area (Å²) in [6, 6.07) is 9.18. The molecule has 1 saturated carbocycles. The van der Waals surface area contributed by atoms with Gasteiger partial charge in [-0.3, -0.25) is 9.59 Å². The van der Waals surface area contributed by atoms with Crippen molar-refractivity contribution in [2.45, 2.75) is 78.2 Å². The van der Waals surface area contributed by atoms with Crippen molar-refractivity contribution in [3.05, 3.63) is 41.0 Å². The number of hydrogen-bond donors (Lipinski definition) is 1. The molecular weight excluding hydrogens is 424 g/mol. The van der Waals surface area contributed by atoms with Gasteiger partial charge in [0.25, 0.3) is 0 Å². The normalized spacial score (nSPS) is 15.1. The average molecular weight is 459 g/mol. The van der Waals surface area contributed by atoms with Gasteiger partial charge in [0.15, 0.2) is 0 Å². The number of nitrogens with one attached hydrogen (secondary N) is 1. The summed E-state index contributed by atoms with van der Waals surface area (Å²) >= 11 is 6.04. The van der Waals surface area contributed by atoms with Crippen molar-refractivity contribution in [1.29, 1.82) is 0 Å². The van der Waals surface area contributed by atoms with E-state index in [2.05, 4.69) is 26.1 Å². The Morgan fingerprint density at radius 3 is 2.34 bits per heavy atom. The van der Waals surface area contributed by atoms with Crippen LogP contribution in [0.15, 0.2) is 30.3 Å². The van der Waals surface area contributed by atoms with E-state index in [0.717, 1.165) is 37.1 Å². The summed E-state index contributed by atoms with van der Waals surface area (Å²) in [7, 11) is 0. The number of nitrogens with zero attached hydrogens (tertiary/aromatic N) is 3. The van der Waals surface area contributed by atoms with Crippen LogP contribution in [0.1, 0.15) is 72.4 Å². The first-order chi connectivity index (χ1) is 15.1. The third-order valence-electron chi connectivity index (χ3n) is 5.99. The molecule has 0 spiro atoms. The lowest BCUT2D eigenvalue weighted by Crippen LogP contribution is -2.45. The lowest BCUT2D eigenvalue weighted by molar-refractivity contribution is -0.141. The van der Waals surface area contributed by atoms with Crippen molar-refractivity contribution in [3.63, 3.8) is 0 Å². The monoisotopic (exact) mass is 458 g/mol. The van der Waals surface area contributed by atoms with Crippen LogP contribution in [0.2, 0.25) is 5.02 Å². The molecule has 1 aromatic heterocycles. The number of benzene rings is 1. The van der Waals surface area contributed by atoms with Crippen LogP contribution in [0.25, 0.3) is 5.69 Å². The Bertz CT molecular complexity index is 938. The largest absolute Gasteiger partial charge is 0.331 e. The smallest absolute Gasteiger partial charge is 0.245 e. The third kappa shape index (κ3) is 5.91. The Balaban J connectivity index is 1.81. The molecule has 1 heterocycles. The molecule has 1 aliphatic rings. The number of amides is 2. The molecule has 32 heavy (non-hydrogen) atoms. The summed E-state index contributed by atoms with van der Waals surface area (Å²) in [5, 5.41) is 8.36. The molecule has 1 aliphatic carbocycles. The van der Waals surface area contributed by atoms with E-state index in [-0.39, 0.29) is 35.7 Å². The molecule has 1 fully saturated rings. The van der Waals surface area contributed by atoms with Gasteiger partial charge in [0.05, 0.1) is 11.4 Å². The maximum atomic E-state index is 13.1. The van der Waals surface area contributed by atoms with Gasteiger partial charge in [-0.05, 0) is 51.0 Å². The molecule has 0 unspecified atom stereocenters. The Kier molecular flexibility index (Phi) is 7.65. The highest BCUT2D eigenvalue weighted by Gasteiger charge is 2.29. The number of halogens is 1. The maximum absolute atomic E-state index is 13.1. The fourth-order valence-corrected chi connectivity index (χ4v) is 4.18. The number of aromatic nitrogens is 2. The molecule has 2 amide bonds. The Morgan fingerprint density at radius 2 is 1.78 bits per heavy atom. The van der Waals surface area contributed by atoms with Gasteiger partial charge in [-0.15, -0.1) is 0 Å². The molecule has 3 rings (SSSR count). The molecule has 7 heteroatoms. The highest BCUT2D eigenvalue weighted by atomic mass is 35.5. The molecule has 0 atom stereocenters. The highest BCUT2D eigenvalue weighted by molar-refractivity contribution is 6.30. The second-order valence-electron chi connectivity index (χ2n) is 10.00. The molecule has 0 saturated heterocycles. The second kappa shape index (κ2) is 10.1. The molecule has 6 nitrogen and oxygen atoms in total. The zero-order valence-electron chi connectivity index (χ0n) is 19.8. The lowest BCUT2D eigenvalue weighted by atomic mass is 9.88. The van der Waals surface area contributed by atoms with Crippen LogP contribution in [0, 0.1) is 5.92 Å². The van der Waals surface area contributed by atoms with Crippen molar-refractivity contribution < 1.29 is 9.59 Å². The minimum atomic E-state index is -0.224. The SMILES string of the molecule is CC(C)N(CC(=O)Nc1cc(C(C)(C)C)nn1-c1ccc(Cl)cc1)C(=O)C1CCCCC1. The van der Waals surface area contributed by atoms with Gasteiger partial charge in [0, 0.05) is 28.5 Å². The van der Waals surface area contributed by atoms with Gasteiger partial charge in [-0.1, -0.05) is 51.6 Å². The van der Waals surface area contributed by atoms with Gasteiger partial charge >= 0.3 is 0 Å². The van der Waals surface area contributed by atoms with E-state index >= 15 is 0 Å². The van der Waals surface area contributed by atoms with E-state index in [1.807, 2.05) is 32.0 Å². The molecular formula is C25H35ClN4O2. The van der Waals surface area contributed by atoms with Crippen LogP contribution >= 0.6 is 11.6 Å². The van der Waals surface area contributed by atoms with E-state index in [1.165, 1.54) is 6.42 Å². The number of anilines is 1.